The minimum Gasteiger partial charge on any atom is -0.497 e. The van der Waals surface area contributed by atoms with Crippen molar-refractivity contribution < 1.29 is 18.7 Å². The number of methoxy groups -OCH3 is 1. The lowest BCUT2D eigenvalue weighted by atomic mass is 10.2. The monoisotopic (exact) mass is 371 g/mol. The standard InChI is InChI=1S/C20H21NO4S/c1-15(25-17-9-7-16(23-2)8-10-17)20(22)21(13-18-5-3-11-24-18)14-19-6-4-12-26-19/h3-12,15H,13-14H2,1-2H3. The number of furan rings is 1. The van der Waals surface area contributed by atoms with Crippen molar-refractivity contribution in [2.75, 3.05) is 7.11 Å². The molecule has 2 aromatic heterocycles. The van der Waals surface area contributed by atoms with Crippen LogP contribution >= 0.6 is 11.3 Å². The van der Waals surface area contributed by atoms with Gasteiger partial charge in [0.1, 0.15) is 17.3 Å². The number of thiophene rings is 1. The molecule has 0 fully saturated rings. The minimum absolute atomic E-state index is 0.0920. The fourth-order valence-electron chi connectivity index (χ4n) is 2.56. The smallest absolute Gasteiger partial charge is 0.264 e. The Morgan fingerprint density at radius 2 is 1.88 bits per heavy atom. The fraction of sp³-hybridized carbons (Fsp3) is 0.250. The Labute approximate surface area is 156 Å². The third-order valence-corrected chi connectivity index (χ3v) is 4.75. The summed E-state index contributed by atoms with van der Waals surface area (Å²) >= 11 is 1.62. The van der Waals surface area contributed by atoms with Gasteiger partial charge < -0.3 is 18.8 Å². The number of ether oxygens (including phenoxy) is 2. The second-order valence-corrected chi connectivity index (χ2v) is 6.82. The maximum Gasteiger partial charge on any atom is 0.264 e. The fourth-order valence-corrected chi connectivity index (χ4v) is 3.28. The Balaban J connectivity index is 1.69. The van der Waals surface area contributed by atoms with Gasteiger partial charge in [0, 0.05) is 4.88 Å². The number of rotatable bonds is 8. The molecule has 0 bridgehead atoms. The number of hydrogen-bond acceptors (Lipinski definition) is 5. The Bertz CT molecular complexity index is 761. The molecule has 3 aromatic rings. The SMILES string of the molecule is COc1ccc(OC(C)C(=O)N(Cc2ccco2)Cc2cccs2)cc1. The van der Waals surface area contributed by atoms with Gasteiger partial charge in [-0.15, -0.1) is 11.3 Å². The summed E-state index contributed by atoms with van der Waals surface area (Å²) in [6.45, 7) is 2.68. The molecule has 136 valence electrons. The molecule has 1 unspecified atom stereocenters. The van der Waals surface area contributed by atoms with Gasteiger partial charge in [-0.05, 0) is 54.8 Å². The van der Waals surface area contributed by atoms with Crippen molar-refractivity contribution in [2.45, 2.75) is 26.1 Å². The zero-order valence-corrected chi connectivity index (χ0v) is 15.6. The van der Waals surface area contributed by atoms with E-state index in [9.17, 15) is 4.79 Å². The van der Waals surface area contributed by atoms with E-state index in [-0.39, 0.29) is 5.91 Å². The molecule has 6 heteroatoms. The predicted molar refractivity (Wildman–Crippen MR) is 100 cm³/mol. The maximum absolute atomic E-state index is 13.0. The van der Waals surface area contributed by atoms with Crippen molar-refractivity contribution in [2.24, 2.45) is 0 Å². The van der Waals surface area contributed by atoms with Crippen molar-refractivity contribution in [1.29, 1.82) is 0 Å². The lowest BCUT2D eigenvalue weighted by Crippen LogP contribution is -2.39. The van der Waals surface area contributed by atoms with Gasteiger partial charge in [-0.3, -0.25) is 4.79 Å². The zero-order valence-electron chi connectivity index (χ0n) is 14.8. The molecule has 3 rings (SSSR count). The molecule has 0 aliphatic carbocycles. The number of carbonyl (C=O) groups is 1. The van der Waals surface area contributed by atoms with Crippen LogP contribution < -0.4 is 9.47 Å². The van der Waals surface area contributed by atoms with E-state index in [4.69, 9.17) is 13.9 Å². The molecule has 5 nitrogen and oxygen atoms in total. The van der Waals surface area contributed by atoms with Crippen molar-refractivity contribution in [3.63, 3.8) is 0 Å². The van der Waals surface area contributed by atoms with Crippen molar-refractivity contribution in [3.8, 4) is 11.5 Å². The summed E-state index contributed by atoms with van der Waals surface area (Å²) in [5, 5.41) is 2.00. The average molecular weight is 371 g/mol. The summed E-state index contributed by atoms with van der Waals surface area (Å²) in [4.78, 5) is 15.8. The Morgan fingerprint density at radius 3 is 2.50 bits per heavy atom. The normalized spacial score (nSPS) is 11.8. The molecule has 0 aliphatic heterocycles. The zero-order chi connectivity index (χ0) is 18.4. The number of nitrogens with zero attached hydrogens (tertiary/aromatic N) is 1. The first-order valence-corrected chi connectivity index (χ1v) is 9.18. The molecule has 1 amide bonds. The van der Waals surface area contributed by atoms with Gasteiger partial charge in [-0.2, -0.15) is 0 Å². The first kappa shape index (κ1) is 18.1. The second kappa shape index (κ2) is 8.58. The predicted octanol–water partition coefficient (Wildman–Crippen LogP) is 4.35. The summed E-state index contributed by atoms with van der Waals surface area (Å²) < 4.78 is 16.4. The van der Waals surface area contributed by atoms with Gasteiger partial charge in [-0.1, -0.05) is 6.07 Å². The second-order valence-electron chi connectivity index (χ2n) is 5.79. The van der Waals surface area contributed by atoms with Crippen LogP contribution in [0.5, 0.6) is 11.5 Å². The van der Waals surface area contributed by atoms with Crippen molar-refractivity contribution in [1.82, 2.24) is 4.90 Å². The highest BCUT2D eigenvalue weighted by Gasteiger charge is 2.23. The summed E-state index contributed by atoms with van der Waals surface area (Å²) in [6.07, 6.45) is 0.999. The van der Waals surface area contributed by atoms with Crippen LogP contribution in [0.25, 0.3) is 0 Å². The van der Waals surface area contributed by atoms with E-state index < -0.39 is 6.10 Å². The molecule has 0 radical (unpaired) electrons. The van der Waals surface area contributed by atoms with E-state index in [2.05, 4.69) is 0 Å². The highest BCUT2D eigenvalue weighted by Crippen LogP contribution is 2.20. The van der Waals surface area contributed by atoms with E-state index >= 15 is 0 Å². The van der Waals surface area contributed by atoms with Crippen LogP contribution in [0, 0.1) is 0 Å². The maximum atomic E-state index is 13.0. The number of hydrogen-bond donors (Lipinski definition) is 0. The molecule has 0 saturated heterocycles. The quantitative estimate of drug-likeness (QED) is 0.591. The lowest BCUT2D eigenvalue weighted by molar-refractivity contribution is -0.139. The molecule has 1 atom stereocenters. The molecular weight excluding hydrogens is 350 g/mol. The number of benzene rings is 1. The molecule has 0 saturated carbocycles. The Morgan fingerprint density at radius 1 is 1.12 bits per heavy atom. The van der Waals surface area contributed by atoms with E-state index in [1.807, 2.05) is 29.6 Å². The van der Waals surface area contributed by atoms with E-state index in [1.54, 1.807) is 60.8 Å². The largest absolute Gasteiger partial charge is 0.497 e. The summed E-state index contributed by atoms with van der Waals surface area (Å²) in [5.74, 6) is 2.02. The molecule has 26 heavy (non-hydrogen) atoms. The minimum atomic E-state index is -0.613. The first-order valence-electron chi connectivity index (χ1n) is 8.30. The number of carbonyl (C=O) groups excluding carboxylic acids is 1. The molecule has 0 N–H and O–H groups in total. The number of amides is 1. The van der Waals surface area contributed by atoms with Gasteiger partial charge in [0.15, 0.2) is 6.10 Å². The van der Waals surface area contributed by atoms with Gasteiger partial charge >= 0.3 is 0 Å². The topological polar surface area (TPSA) is 51.9 Å². The molecule has 0 aliphatic rings. The van der Waals surface area contributed by atoms with Gasteiger partial charge in [0.25, 0.3) is 5.91 Å². The highest BCUT2D eigenvalue weighted by molar-refractivity contribution is 7.09. The molecule has 1 aromatic carbocycles. The molecule has 0 spiro atoms. The van der Waals surface area contributed by atoms with E-state index in [1.165, 1.54) is 0 Å². The van der Waals surface area contributed by atoms with Crippen LogP contribution in [0.1, 0.15) is 17.6 Å². The van der Waals surface area contributed by atoms with Crippen LogP contribution in [-0.4, -0.2) is 24.0 Å². The average Bonchev–Trinajstić information content (AvgIpc) is 3.35. The molecular formula is C20H21NO4S. The van der Waals surface area contributed by atoms with Crippen LogP contribution in [0.3, 0.4) is 0 Å². The van der Waals surface area contributed by atoms with Gasteiger partial charge in [-0.25, -0.2) is 0 Å². The van der Waals surface area contributed by atoms with Crippen molar-refractivity contribution >= 4 is 17.2 Å². The third-order valence-electron chi connectivity index (χ3n) is 3.89. The van der Waals surface area contributed by atoms with Gasteiger partial charge in [0.2, 0.25) is 0 Å². The highest BCUT2D eigenvalue weighted by atomic mass is 32.1. The summed E-state index contributed by atoms with van der Waals surface area (Å²) in [6, 6.07) is 14.9. The van der Waals surface area contributed by atoms with Crippen LogP contribution in [-0.2, 0) is 17.9 Å². The Kier molecular flexibility index (Phi) is 5.96. The van der Waals surface area contributed by atoms with Crippen molar-refractivity contribution in [3.05, 3.63) is 70.8 Å². The summed E-state index contributed by atoms with van der Waals surface area (Å²) in [5.41, 5.74) is 0. The van der Waals surface area contributed by atoms with Crippen LogP contribution in [0.4, 0.5) is 0 Å². The van der Waals surface area contributed by atoms with Crippen LogP contribution in [0.2, 0.25) is 0 Å². The Hall–Kier alpha value is -2.73. The first-order chi connectivity index (χ1) is 12.7. The van der Waals surface area contributed by atoms with Gasteiger partial charge in [0.05, 0.1) is 26.5 Å². The van der Waals surface area contributed by atoms with E-state index in [0.29, 0.717) is 18.8 Å². The van der Waals surface area contributed by atoms with E-state index in [0.717, 1.165) is 16.4 Å². The summed E-state index contributed by atoms with van der Waals surface area (Å²) in [7, 11) is 1.61. The third kappa shape index (κ3) is 4.67. The lowest BCUT2D eigenvalue weighted by Gasteiger charge is -2.25. The molecule has 2 heterocycles. The van der Waals surface area contributed by atoms with Crippen LogP contribution in [0.15, 0.2) is 64.6 Å².